The number of hydrogen-bond donors (Lipinski definition) is 1. The number of pyridine rings is 1. The summed E-state index contributed by atoms with van der Waals surface area (Å²) in [7, 11) is 1.64. The van der Waals surface area contributed by atoms with Crippen LogP contribution in [-0.2, 0) is 16.0 Å². The molecule has 2 rings (SSSR count). The lowest BCUT2D eigenvalue weighted by Crippen LogP contribution is -2.44. The number of carbonyl (C=O) groups excluding carboxylic acids is 2. The summed E-state index contributed by atoms with van der Waals surface area (Å²) in [6.45, 7) is 8.56. The monoisotopic (exact) mass is 358 g/mol. The number of amidine groups is 1. The number of nitrogens with zero attached hydrogens (tertiary/aromatic N) is 3. The molecule has 0 fully saturated rings. The van der Waals surface area contributed by atoms with Gasteiger partial charge in [-0.15, -0.1) is 0 Å². The molecule has 0 radical (unpaired) electrons. The normalized spacial score (nSPS) is 19.8. The highest BCUT2D eigenvalue weighted by Gasteiger charge is 2.47. The highest BCUT2D eigenvalue weighted by atomic mass is 16.2. The Morgan fingerprint density at radius 3 is 2.58 bits per heavy atom. The van der Waals surface area contributed by atoms with Crippen LogP contribution in [0.25, 0.3) is 0 Å². The molecule has 1 aliphatic rings. The topological polar surface area (TPSA) is 74.7 Å². The van der Waals surface area contributed by atoms with E-state index < -0.39 is 5.54 Å². The van der Waals surface area contributed by atoms with Crippen LogP contribution in [0.3, 0.4) is 0 Å². The van der Waals surface area contributed by atoms with Crippen molar-refractivity contribution in [3.05, 3.63) is 29.6 Å². The maximum Gasteiger partial charge on any atom is 0.256 e. The molecule has 6 heteroatoms. The van der Waals surface area contributed by atoms with Gasteiger partial charge in [0.05, 0.1) is 0 Å². The van der Waals surface area contributed by atoms with Crippen molar-refractivity contribution in [2.24, 2.45) is 10.9 Å². The van der Waals surface area contributed by atoms with Gasteiger partial charge in [0, 0.05) is 26.2 Å². The number of aromatic nitrogens is 1. The van der Waals surface area contributed by atoms with E-state index in [-0.39, 0.29) is 17.7 Å². The van der Waals surface area contributed by atoms with Gasteiger partial charge in [0.25, 0.3) is 5.91 Å². The number of aryl methyl sites for hydroxylation is 1. The van der Waals surface area contributed by atoms with E-state index >= 15 is 0 Å². The number of amides is 2. The number of hydrogen-bond acceptors (Lipinski definition) is 4. The summed E-state index contributed by atoms with van der Waals surface area (Å²) in [5.74, 6) is 0.781. The Morgan fingerprint density at radius 2 is 2.04 bits per heavy atom. The number of rotatable bonds is 8. The van der Waals surface area contributed by atoms with Crippen molar-refractivity contribution < 1.29 is 9.59 Å². The lowest BCUT2D eigenvalue weighted by atomic mass is 9.89. The summed E-state index contributed by atoms with van der Waals surface area (Å²) in [6, 6.07) is 3.97. The van der Waals surface area contributed by atoms with E-state index in [1.54, 1.807) is 11.9 Å². The van der Waals surface area contributed by atoms with Gasteiger partial charge in [-0.3, -0.25) is 19.5 Å². The lowest BCUT2D eigenvalue weighted by Gasteiger charge is -2.25. The van der Waals surface area contributed by atoms with Gasteiger partial charge in [-0.2, -0.15) is 0 Å². The molecule has 2 heterocycles. The van der Waals surface area contributed by atoms with Crippen LogP contribution in [-0.4, -0.2) is 46.7 Å². The second-order valence-electron chi connectivity index (χ2n) is 7.23. The summed E-state index contributed by atoms with van der Waals surface area (Å²) in [5.41, 5.74) is 1.12. The summed E-state index contributed by atoms with van der Waals surface area (Å²) in [4.78, 5) is 35.5. The first-order valence-electron chi connectivity index (χ1n) is 9.41. The molecule has 1 unspecified atom stereocenters. The zero-order valence-corrected chi connectivity index (χ0v) is 16.5. The molecule has 1 aromatic heterocycles. The second-order valence-corrected chi connectivity index (χ2v) is 7.23. The van der Waals surface area contributed by atoms with Crippen LogP contribution in [0.2, 0.25) is 0 Å². The molecule has 2 amide bonds. The summed E-state index contributed by atoms with van der Waals surface area (Å²) in [5, 5.41) is 2.62. The third-order valence-electron chi connectivity index (χ3n) is 5.17. The van der Waals surface area contributed by atoms with Gasteiger partial charge in [0.15, 0.2) is 5.84 Å². The summed E-state index contributed by atoms with van der Waals surface area (Å²) in [6.07, 6.45) is 4.72. The minimum Gasteiger partial charge on any atom is -0.359 e. The predicted molar refractivity (Wildman–Crippen MR) is 103 cm³/mol. The first-order chi connectivity index (χ1) is 12.3. The first kappa shape index (κ1) is 20.1. The van der Waals surface area contributed by atoms with E-state index in [1.165, 1.54) is 0 Å². The van der Waals surface area contributed by atoms with Crippen molar-refractivity contribution >= 4 is 17.6 Å². The molecule has 1 atom stereocenters. The fourth-order valence-corrected chi connectivity index (χ4v) is 2.92. The number of nitrogens with one attached hydrogen (secondary N) is 1. The second kappa shape index (κ2) is 8.43. The molecular formula is C20H30N4O2. The van der Waals surface area contributed by atoms with Gasteiger partial charge in [-0.25, -0.2) is 4.99 Å². The van der Waals surface area contributed by atoms with Crippen LogP contribution in [0, 0.1) is 5.92 Å². The van der Waals surface area contributed by atoms with Crippen LogP contribution in [0.1, 0.15) is 58.2 Å². The fourth-order valence-electron chi connectivity index (χ4n) is 2.92. The average Bonchev–Trinajstić information content (AvgIpc) is 2.91. The SMILES string of the molecule is CCc1ccc(C2=NC(C)(C(C)C)C(=O)N2CCCCC(=O)NC)nc1. The maximum atomic E-state index is 13.1. The Balaban J connectivity index is 2.21. The van der Waals surface area contributed by atoms with Crippen molar-refractivity contribution in [2.45, 2.75) is 58.9 Å². The number of aliphatic imine (C=N–C) groups is 1. The van der Waals surface area contributed by atoms with Crippen LogP contribution < -0.4 is 5.32 Å². The Hall–Kier alpha value is -2.24. The van der Waals surface area contributed by atoms with E-state index in [0.717, 1.165) is 30.5 Å². The van der Waals surface area contributed by atoms with Crippen molar-refractivity contribution in [1.82, 2.24) is 15.2 Å². The molecule has 0 aromatic carbocycles. The Labute approximate surface area is 156 Å². The Morgan fingerprint density at radius 1 is 1.31 bits per heavy atom. The minimum absolute atomic E-state index is 0.0174. The van der Waals surface area contributed by atoms with Crippen LogP contribution >= 0.6 is 0 Å². The van der Waals surface area contributed by atoms with E-state index in [2.05, 4.69) is 17.2 Å². The molecule has 6 nitrogen and oxygen atoms in total. The largest absolute Gasteiger partial charge is 0.359 e. The molecule has 1 aromatic rings. The molecule has 1 aliphatic heterocycles. The molecular weight excluding hydrogens is 328 g/mol. The quantitative estimate of drug-likeness (QED) is 0.726. The average molecular weight is 358 g/mol. The van der Waals surface area contributed by atoms with E-state index in [9.17, 15) is 9.59 Å². The summed E-state index contributed by atoms with van der Waals surface area (Å²) < 4.78 is 0. The number of carbonyl (C=O) groups is 2. The molecule has 1 N–H and O–H groups in total. The summed E-state index contributed by atoms with van der Waals surface area (Å²) >= 11 is 0. The van der Waals surface area contributed by atoms with Gasteiger partial charge in [0.1, 0.15) is 11.2 Å². The van der Waals surface area contributed by atoms with Crippen LogP contribution in [0.5, 0.6) is 0 Å². The number of unbranched alkanes of at least 4 members (excludes halogenated alkanes) is 1. The standard InChI is InChI=1S/C20H30N4O2/c1-6-15-10-11-16(22-13-15)18-23-20(4,14(2)3)19(26)24(18)12-8-7-9-17(25)21-5/h10-11,13-14H,6-9,12H2,1-5H3,(H,21,25). The van der Waals surface area contributed by atoms with E-state index in [4.69, 9.17) is 4.99 Å². The zero-order chi connectivity index (χ0) is 19.3. The van der Waals surface area contributed by atoms with E-state index in [1.807, 2.05) is 39.1 Å². The van der Waals surface area contributed by atoms with Gasteiger partial charge >= 0.3 is 0 Å². The maximum absolute atomic E-state index is 13.1. The van der Waals surface area contributed by atoms with Gasteiger partial charge in [0.2, 0.25) is 5.91 Å². The lowest BCUT2D eigenvalue weighted by molar-refractivity contribution is -0.132. The van der Waals surface area contributed by atoms with Gasteiger partial charge in [-0.05, 0) is 43.7 Å². The van der Waals surface area contributed by atoms with Gasteiger partial charge in [-0.1, -0.05) is 26.8 Å². The highest BCUT2D eigenvalue weighted by Crippen LogP contribution is 2.32. The van der Waals surface area contributed by atoms with Crippen LogP contribution in [0.15, 0.2) is 23.3 Å². The predicted octanol–water partition coefficient (Wildman–Crippen LogP) is 2.56. The highest BCUT2D eigenvalue weighted by molar-refractivity contribution is 6.14. The van der Waals surface area contributed by atoms with Crippen molar-refractivity contribution in [3.63, 3.8) is 0 Å². The molecule has 142 valence electrons. The molecule has 26 heavy (non-hydrogen) atoms. The molecule has 0 spiro atoms. The Bertz CT molecular complexity index is 682. The third kappa shape index (κ3) is 4.11. The third-order valence-corrected chi connectivity index (χ3v) is 5.17. The van der Waals surface area contributed by atoms with Crippen molar-refractivity contribution in [2.75, 3.05) is 13.6 Å². The van der Waals surface area contributed by atoms with Gasteiger partial charge < -0.3 is 5.32 Å². The minimum atomic E-state index is -0.763. The first-order valence-corrected chi connectivity index (χ1v) is 9.41. The molecule has 0 saturated carbocycles. The van der Waals surface area contributed by atoms with Crippen molar-refractivity contribution in [1.29, 1.82) is 0 Å². The smallest absolute Gasteiger partial charge is 0.256 e. The Kier molecular flexibility index (Phi) is 6.51. The molecule has 0 bridgehead atoms. The zero-order valence-electron chi connectivity index (χ0n) is 16.5. The van der Waals surface area contributed by atoms with Crippen LogP contribution in [0.4, 0.5) is 0 Å². The fraction of sp³-hybridized carbons (Fsp3) is 0.600. The van der Waals surface area contributed by atoms with E-state index in [0.29, 0.717) is 18.8 Å². The van der Waals surface area contributed by atoms with Crippen molar-refractivity contribution in [3.8, 4) is 0 Å². The molecule has 0 saturated heterocycles. The molecule has 0 aliphatic carbocycles.